The summed E-state index contributed by atoms with van der Waals surface area (Å²) < 4.78 is 29.2. The summed E-state index contributed by atoms with van der Waals surface area (Å²) in [5.74, 6) is -1.55. The molecule has 24 heavy (non-hydrogen) atoms. The smallest absolute Gasteiger partial charge is 0.322 e. The third-order valence-corrected chi connectivity index (χ3v) is 4.09. The van der Waals surface area contributed by atoms with Crippen LogP contribution in [-0.4, -0.2) is 58.1 Å². The van der Waals surface area contributed by atoms with Crippen molar-refractivity contribution < 1.29 is 13.6 Å². The first-order valence-corrected chi connectivity index (χ1v) is 7.81. The molecule has 1 fully saturated rings. The maximum atomic E-state index is 13.6. The Morgan fingerprint density at radius 2 is 1.83 bits per heavy atom. The number of aromatic nitrogens is 2. The van der Waals surface area contributed by atoms with Gasteiger partial charge in [-0.3, -0.25) is 4.90 Å². The van der Waals surface area contributed by atoms with Crippen molar-refractivity contribution in [1.29, 1.82) is 0 Å². The minimum Gasteiger partial charge on any atom is -0.336 e. The zero-order valence-electron chi connectivity index (χ0n) is 13.2. The summed E-state index contributed by atoms with van der Waals surface area (Å²) in [4.78, 5) is 20.0. The number of imidazole rings is 1. The summed E-state index contributed by atoms with van der Waals surface area (Å²) in [5.41, 5.74) is -0.398. The van der Waals surface area contributed by atoms with Crippen LogP contribution in [0.15, 0.2) is 36.9 Å². The average Bonchev–Trinajstić information content (AvgIpc) is 3.10. The summed E-state index contributed by atoms with van der Waals surface area (Å²) >= 11 is 0. The SMILES string of the molecule is O=C(Nc1c(F)cccc1F)N1CCN(CCn2ccnc2)CC1. The molecule has 2 heterocycles. The Morgan fingerprint density at radius 3 is 2.46 bits per heavy atom. The minimum atomic E-state index is -0.776. The van der Waals surface area contributed by atoms with Gasteiger partial charge in [0, 0.05) is 51.7 Å². The van der Waals surface area contributed by atoms with Crippen molar-refractivity contribution in [3.05, 3.63) is 48.6 Å². The van der Waals surface area contributed by atoms with E-state index in [1.165, 1.54) is 6.07 Å². The van der Waals surface area contributed by atoms with Gasteiger partial charge >= 0.3 is 6.03 Å². The van der Waals surface area contributed by atoms with Crippen LogP contribution >= 0.6 is 0 Å². The van der Waals surface area contributed by atoms with Crippen molar-refractivity contribution in [2.75, 3.05) is 38.0 Å². The zero-order valence-corrected chi connectivity index (χ0v) is 13.2. The van der Waals surface area contributed by atoms with Crippen molar-refractivity contribution in [3.8, 4) is 0 Å². The Bertz CT molecular complexity index is 664. The largest absolute Gasteiger partial charge is 0.336 e. The molecule has 0 atom stereocenters. The quantitative estimate of drug-likeness (QED) is 0.930. The Kier molecular flexibility index (Phi) is 5.05. The van der Waals surface area contributed by atoms with E-state index in [0.717, 1.165) is 38.3 Å². The number of piperazine rings is 1. The highest BCUT2D eigenvalue weighted by Crippen LogP contribution is 2.18. The van der Waals surface area contributed by atoms with Gasteiger partial charge < -0.3 is 14.8 Å². The maximum Gasteiger partial charge on any atom is 0.322 e. The van der Waals surface area contributed by atoms with Crippen LogP contribution < -0.4 is 5.32 Å². The highest BCUT2D eigenvalue weighted by atomic mass is 19.1. The minimum absolute atomic E-state index is 0.398. The van der Waals surface area contributed by atoms with E-state index in [1.807, 2.05) is 10.8 Å². The number of nitrogens with zero attached hydrogens (tertiary/aromatic N) is 4. The summed E-state index contributed by atoms with van der Waals surface area (Å²) in [6.07, 6.45) is 5.42. The fraction of sp³-hybridized carbons (Fsp3) is 0.375. The fourth-order valence-electron chi connectivity index (χ4n) is 2.65. The highest BCUT2D eigenvalue weighted by Gasteiger charge is 2.22. The van der Waals surface area contributed by atoms with Gasteiger partial charge in [-0.05, 0) is 12.1 Å². The summed E-state index contributed by atoms with van der Waals surface area (Å²) in [6, 6.07) is 3.02. The Morgan fingerprint density at radius 1 is 1.12 bits per heavy atom. The van der Waals surface area contributed by atoms with Gasteiger partial charge in [-0.2, -0.15) is 0 Å². The molecule has 0 bridgehead atoms. The molecule has 1 aromatic carbocycles. The molecule has 1 N–H and O–H groups in total. The normalized spacial score (nSPS) is 15.5. The summed E-state index contributed by atoms with van der Waals surface area (Å²) in [6.45, 7) is 4.20. The molecule has 1 aliphatic heterocycles. The van der Waals surface area contributed by atoms with Crippen molar-refractivity contribution in [2.24, 2.45) is 0 Å². The lowest BCUT2D eigenvalue weighted by Gasteiger charge is -2.34. The van der Waals surface area contributed by atoms with Gasteiger partial charge in [-0.25, -0.2) is 18.6 Å². The second-order valence-electron chi connectivity index (χ2n) is 5.66. The molecule has 1 aromatic heterocycles. The lowest BCUT2D eigenvalue weighted by molar-refractivity contribution is 0.144. The van der Waals surface area contributed by atoms with E-state index in [9.17, 15) is 13.6 Å². The van der Waals surface area contributed by atoms with Gasteiger partial charge in [0.2, 0.25) is 0 Å². The number of amides is 2. The molecule has 8 heteroatoms. The van der Waals surface area contributed by atoms with Crippen molar-refractivity contribution in [3.63, 3.8) is 0 Å². The predicted molar refractivity (Wildman–Crippen MR) is 85.6 cm³/mol. The molecule has 1 aliphatic rings. The lowest BCUT2D eigenvalue weighted by atomic mass is 10.3. The Hall–Kier alpha value is -2.48. The first kappa shape index (κ1) is 16.4. The van der Waals surface area contributed by atoms with Gasteiger partial charge in [0.05, 0.1) is 6.33 Å². The van der Waals surface area contributed by atoms with E-state index in [4.69, 9.17) is 0 Å². The van der Waals surface area contributed by atoms with Crippen LogP contribution in [0.5, 0.6) is 0 Å². The molecular weight excluding hydrogens is 316 g/mol. The van der Waals surface area contributed by atoms with Crippen molar-refractivity contribution in [1.82, 2.24) is 19.4 Å². The highest BCUT2D eigenvalue weighted by molar-refractivity contribution is 5.89. The zero-order chi connectivity index (χ0) is 16.9. The average molecular weight is 335 g/mol. The number of carbonyl (C=O) groups excluding carboxylic acids is 1. The standard InChI is InChI=1S/C16H19F2N5O/c17-13-2-1-3-14(18)15(13)20-16(24)23-10-8-21(9-11-23)6-7-22-5-4-19-12-22/h1-5,12H,6-11H2,(H,20,24). The number of hydrogen-bond acceptors (Lipinski definition) is 3. The Labute approximate surface area is 138 Å². The number of carbonyl (C=O) groups is 1. The topological polar surface area (TPSA) is 53.4 Å². The third kappa shape index (κ3) is 3.88. The van der Waals surface area contributed by atoms with E-state index < -0.39 is 23.4 Å². The van der Waals surface area contributed by atoms with Crippen LogP contribution in [0.1, 0.15) is 0 Å². The molecular formula is C16H19F2N5O. The number of para-hydroxylation sites is 1. The fourth-order valence-corrected chi connectivity index (χ4v) is 2.65. The molecule has 128 valence electrons. The number of benzene rings is 1. The van der Waals surface area contributed by atoms with Crippen LogP contribution in [-0.2, 0) is 6.54 Å². The second-order valence-corrected chi connectivity index (χ2v) is 5.66. The second kappa shape index (κ2) is 7.39. The molecule has 6 nitrogen and oxygen atoms in total. The molecule has 0 unspecified atom stereocenters. The van der Waals surface area contributed by atoms with Crippen LogP contribution in [0.4, 0.5) is 19.3 Å². The van der Waals surface area contributed by atoms with Crippen LogP contribution in [0.3, 0.4) is 0 Å². The number of hydrogen-bond donors (Lipinski definition) is 1. The van der Waals surface area contributed by atoms with Crippen LogP contribution in [0, 0.1) is 11.6 Å². The van der Waals surface area contributed by atoms with Crippen LogP contribution in [0.25, 0.3) is 0 Å². The van der Waals surface area contributed by atoms with E-state index in [1.54, 1.807) is 17.4 Å². The molecule has 0 saturated carbocycles. The lowest BCUT2D eigenvalue weighted by Crippen LogP contribution is -2.50. The van der Waals surface area contributed by atoms with E-state index in [0.29, 0.717) is 13.1 Å². The first-order chi connectivity index (χ1) is 11.6. The van der Waals surface area contributed by atoms with Gasteiger partial charge in [0.1, 0.15) is 17.3 Å². The monoisotopic (exact) mass is 335 g/mol. The first-order valence-electron chi connectivity index (χ1n) is 7.81. The number of anilines is 1. The third-order valence-electron chi connectivity index (χ3n) is 4.09. The molecule has 1 saturated heterocycles. The molecule has 0 aliphatic carbocycles. The predicted octanol–water partition coefficient (Wildman–Crippen LogP) is 2.01. The molecule has 2 aromatic rings. The van der Waals surface area contributed by atoms with Crippen molar-refractivity contribution in [2.45, 2.75) is 6.54 Å². The number of halogens is 2. The van der Waals surface area contributed by atoms with E-state index in [2.05, 4.69) is 15.2 Å². The molecule has 3 rings (SSSR count). The summed E-state index contributed by atoms with van der Waals surface area (Å²) in [7, 11) is 0. The Balaban J connectivity index is 1.48. The molecule has 2 amide bonds. The number of nitrogens with one attached hydrogen (secondary N) is 1. The van der Waals surface area contributed by atoms with Crippen LogP contribution in [0.2, 0.25) is 0 Å². The van der Waals surface area contributed by atoms with Gasteiger partial charge in [-0.15, -0.1) is 0 Å². The van der Waals surface area contributed by atoms with Gasteiger partial charge in [0.25, 0.3) is 0 Å². The van der Waals surface area contributed by atoms with Gasteiger partial charge in [-0.1, -0.05) is 6.07 Å². The molecule has 0 spiro atoms. The number of rotatable bonds is 4. The molecule has 0 radical (unpaired) electrons. The maximum absolute atomic E-state index is 13.6. The van der Waals surface area contributed by atoms with E-state index >= 15 is 0 Å². The van der Waals surface area contributed by atoms with Crippen molar-refractivity contribution >= 4 is 11.7 Å². The van der Waals surface area contributed by atoms with E-state index in [-0.39, 0.29) is 0 Å². The number of urea groups is 1. The van der Waals surface area contributed by atoms with Gasteiger partial charge in [0.15, 0.2) is 0 Å². The summed E-state index contributed by atoms with van der Waals surface area (Å²) in [5, 5.41) is 2.32.